The van der Waals surface area contributed by atoms with Crippen LogP contribution in [0, 0.1) is 11.6 Å². The summed E-state index contributed by atoms with van der Waals surface area (Å²) in [6, 6.07) is 13.4. The maximum atomic E-state index is 13.9. The summed E-state index contributed by atoms with van der Waals surface area (Å²) in [5.74, 6) is -0.817. The van der Waals surface area contributed by atoms with Gasteiger partial charge >= 0.3 is 0 Å². The first kappa shape index (κ1) is 19.9. The van der Waals surface area contributed by atoms with Crippen LogP contribution in [0.2, 0.25) is 0 Å². The molecule has 0 spiro atoms. The van der Waals surface area contributed by atoms with Gasteiger partial charge in [-0.25, -0.2) is 13.8 Å². The Kier molecular flexibility index (Phi) is 4.70. The van der Waals surface area contributed by atoms with Crippen molar-refractivity contribution in [3.05, 3.63) is 83.7 Å². The van der Waals surface area contributed by atoms with E-state index < -0.39 is 17.5 Å². The monoisotopic (exact) mass is 432 g/mol. The highest BCUT2D eigenvalue weighted by Gasteiger charge is 2.24. The van der Waals surface area contributed by atoms with Gasteiger partial charge in [-0.15, -0.1) is 0 Å². The molecule has 0 saturated heterocycles. The molecule has 3 heterocycles. The summed E-state index contributed by atoms with van der Waals surface area (Å²) in [5, 5.41) is 3.34. The van der Waals surface area contributed by atoms with Crippen LogP contribution in [0.5, 0.6) is 0 Å². The second-order valence-corrected chi connectivity index (χ2v) is 7.63. The number of rotatable bonds is 3. The molecule has 6 nitrogen and oxygen atoms in total. The molecule has 1 aliphatic heterocycles. The Morgan fingerprint density at radius 2 is 1.84 bits per heavy atom. The number of halogens is 2. The van der Waals surface area contributed by atoms with Gasteiger partial charge in [-0.05, 0) is 60.5 Å². The molecule has 0 bridgehead atoms. The Morgan fingerprint density at radius 3 is 2.62 bits per heavy atom. The fourth-order valence-electron chi connectivity index (χ4n) is 4.09. The minimum absolute atomic E-state index is 0.0834. The Balaban J connectivity index is 1.54. The standard InChI is InChI=1S/C24H18F2N4O2/c1-14(31)29-8-7-15-10-19(13-27-23(15)29)28-24(32)22-11-16-9-18(26)5-6-21(16)30(22)20-4-2-3-17(25)12-20/h2-6,9-13H,7-8H2,1H3,(H,28,32). The van der Waals surface area contributed by atoms with E-state index in [-0.39, 0.29) is 11.6 Å². The van der Waals surface area contributed by atoms with Crippen molar-refractivity contribution in [2.24, 2.45) is 0 Å². The van der Waals surface area contributed by atoms with Crippen LogP contribution in [0.4, 0.5) is 20.3 Å². The van der Waals surface area contributed by atoms with E-state index in [0.29, 0.717) is 41.1 Å². The highest BCUT2D eigenvalue weighted by molar-refractivity contribution is 6.07. The van der Waals surface area contributed by atoms with Crippen molar-refractivity contribution in [3.63, 3.8) is 0 Å². The minimum Gasteiger partial charge on any atom is -0.319 e. The van der Waals surface area contributed by atoms with Crippen LogP contribution in [0.15, 0.2) is 60.8 Å². The smallest absolute Gasteiger partial charge is 0.272 e. The Bertz CT molecular complexity index is 1400. The van der Waals surface area contributed by atoms with Gasteiger partial charge < -0.3 is 9.88 Å². The summed E-state index contributed by atoms with van der Waals surface area (Å²) in [6.45, 7) is 2.04. The lowest BCUT2D eigenvalue weighted by molar-refractivity contribution is -0.116. The van der Waals surface area contributed by atoms with E-state index in [1.165, 1.54) is 37.4 Å². The summed E-state index contributed by atoms with van der Waals surface area (Å²) < 4.78 is 29.3. The lowest BCUT2D eigenvalue weighted by atomic mass is 10.2. The van der Waals surface area contributed by atoms with E-state index in [9.17, 15) is 18.4 Å². The van der Waals surface area contributed by atoms with Crippen molar-refractivity contribution in [1.29, 1.82) is 0 Å². The Hall–Kier alpha value is -4.07. The molecule has 4 aromatic rings. The van der Waals surface area contributed by atoms with Crippen LogP contribution >= 0.6 is 0 Å². The molecule has 1 N–H and O–H groups in total. The number of carbonyl (C=O) groups is 2. The average Bonchev–Trinajstić information content (AvgIpc) is 3.34. The lowest BCUT2D eigenvalue weighted by Crippen LogP contribution is -2.26. The van der Waals surface area contributed by atoms with Gasteiger partial charge in [0, 0.05) is 24.5 Å². The van der Waals surface area contributed by atoms with Gasteiger partial charge in [-0.1, -0.05) is 6.07 Å². The van der Waals surface area contributed by atoms with Crippen LogP contribution in [0.3, 0.4) is 0 Å². The fourth-order valence-corrected chi connectivity index (χ4v) is 4.09. The van der Waals surface area contributed by atoms with E-state index in [4.69, 9.17) is 0 Å². The fraction of sp³-hybridized carbons (Fsp3) is 0.125. The van der Waals surface area contributed by atoms with Gasteiger partial charge in [0.05, 0.1) is 17.4 Å². The van der Waals surface area contributed by atoms with E-state index in [1.54, 1.807) is 39.8 Å². The zero-order valence-corrected chi connectivity index (χ0v) is 17.1. The number of hydrogen-bond acceptors (Lipinski definition) is 3. The van der Waals surface area contributed by atoms with E-state index in [0.717, 1.165) is 5.56 Å². The number of carbonyl (C=O) groups excluding carboxylic acids is 2. The predicted molar refractivity (Wildman–Crippen MR) is 117 cm³/mol. The number of nitrogens with one attached hydrogen (secondary N) is 1. The van der Waals surface area contributed by atoms with Crippen LogP contribution in [0.1, 0.15) is 23.0 Å². The molecule has 2 aromatic carbocycles. The van der Waals surface area contributed by atoms with Gasteiger partial charge in [-0.2, -0.15) is 0 Å². The molecular weight excluding hydrogens is 414 g/mol. The topological polar surface area (TPSA) is 67.2 Å². The van der Waals surface area contributed by atoms with Gasteiger partial charge in [0.15, 0.2) is 0 Å². The molecular formula is C24H18F2N4O2. The average molecular weight is 432 g/mol. The maximum Gasteiger partial charge on any atom is 0.272 e. The third kappa shape index (κ3) is 3.39. The zero-order valence-electron chi connectivity index (χ0n) is 17.1. The van der Waals surface area contributed by atoms with E-state index >= 15 is 0 Å². The number of aromatic nitrogens is 2. The normalized spacial score (nSPS) is 12.8. The molecule has 5 rings (SSSR count). The minimum atomic E-state index is -0.450. The molecule has 0 aliphatic carbocycles. The zero-order chi connectivity index (χ0) is 22.4. The van der Waals surface area contributed by atoms with Crippen molar-refractivity contribution in [2.45, 2.75) is 13.3 Å². The van der Waals surface area contributed by atoms with Crippen molar-refractivity contribution in [1.82, 2.24) is 9.55 Å². The number of hydrogen-bond donors (Lipinski definition) is 1. The summed E-state index contributed by atoms with van der Waals surface area (Å²) in [6.07, 6.45) is 2.14. The predicted octanol–water partition coefficient (Wildman–Crippen LogP) is 4.47. The van der Waals surface area contributed by atoms with Gasteiger partial charge in [-0.3, -0.25) is 14.5 Å². The Labute approximate surface area is 182 Å². The van der Waals surface area contributed by atoms with Crippen molar-refractivity contribution in [2.75, 3.05) is 16.8 Å². The number of fused-ring (bicyclic) bond motifs is 2. The van der Waals surface area contributed by atoms with Crippen LogP contribution < -0.4 is 10.2 Å². The van der Waals surface area contributed by atoms with Crippen molar-refractivity contribution in [3.8, 4) is 5.69 Å². The summed E-state index contributed by atoms with van der Waals surface area (Å²) in [7, 11) is 0. The molecule has 0 saturated carbocycles. The summed E-state index contributed by atoms with van der Waals surface area (Å²) >= 11 is 0. The van der Waals surface area contributed by atoms with E-state index in [2.05, 4.69) is 10.3 Å². The molecule has 0 unspecified atom stereocenters. The number of nitrogens with zero attached hydrogens (tertiary/aromatic N) is 3. The molecule has 160 valence electrons. The molecule has 2 aromatic heterocycles. The molecule has 1 aliphatic rings. The lowest BCUT2D eigenvalue weighted by Gasteiger charge is -2.14. The summed E-state index contributed by atoms with van der Waals surface area (Å²) in [4.78, 5) is 30.9. The molecule has 0 fully saturated rings. The first-order chi connectivity index (χ1) is 15.4. The molecule has 8 heteroatoms. The molecule has 0 atom stereocenters. The SMILES string of the molecule is CC(=O)N1CCc2cc(NC(=O)c3cc4cc(F)ccc4n3-c3cccc(F)c3)cnc21. The quantitative estimate of drug-likeness (QED) is 0.520. The second-order valence-electron chi connectivity index (χ2n) is 7.63. The summed E-state index contributed by atoms with van der Waals surface area (Å²) in [5.41, 5.74) is 2.58. The third-order valence-electron chi connectivity index (χ3n) is 5.50. The molecule has 32 heavy (non-hydrogen) atoms. The van der Waals surface area contributed by atoms with Crippen LogP contribution in [-0.4, -0.2) is 27.9 Å². The van der Waals surface area contributed by atoms with Gasteiger partial charge in [0.25, 0.3) is 5.91 Å². The number of benzene rings is 2. The first-order valence-electron chi connectivity index (χ1n) is 10.1. The van der Waals surface area contributed by atoms with E-state index in [1.807, 2.05) is 0 Å². The molecule has 0 radical (unpaired) electrons. The Morgan fingerprint density at radius 1 is 1.03 bits per heavy atom. The van der Waals surface area contributed by atoms with Crippen LogP contribution in [-0.2, 0) is 11.2 Å². The number of pyridine rings is 1. The van der Waals surface area contributed by atoms with Gasteiger partial charge in [0.1, 0.15) is 23.1 Å². The highest BCUT2D eigenvalue weighted by Crippen LogP contribution is 2.29. The van der Waals surface area contributed by atoms with Crippen molar-refractivity contribution >= 4 is 34.2 Å². The number of anilines is 2. The van der Waals surface area contributed by atoms with Gasteiger partial charge in [0.2, 0.25) is 5.91 Å². The van der Waals surface area contributed by atoms with Crippen molar-refractivity contribution < 1.29 is 18.4 Å². The second kappa shape index (κ2) is 7.56. The highest BCUT2D eigenvalue weighted by atomic mass is 19.1. The molecule has 2 amide bonds. The van der Waals surface area contributed by atoms with Crippen LogP contribution in [0.25, 0.3) is 16.6 Å². The largest absolute Gasteiger partial charge is 0.319 e. The third-order valence-corrected chi connectivity index (χ3v) is 5.50. The maximum absolute atomic E-state index is 13.9. The number of amides is 2. The first-order valence-corrected chi connectivity index (χ1v) is 10.1.